The molecule has 0 spiro atoms. The zero-order chi connectivity index (χ0) is 15.0. The molecule has 0 radical (unpaired) electrons. The molecule has 3 N–H and O–H groups in total. The van der Waals surface area contributed by atoms with Gasteiger partial charge in [-0.2, -0.15) is 0 Å². The summed E-state index contributed by atoms with van der Waals surface area (Å²) in [6.07, 6.45) is 2.77. The van der Waals surface area contributed by atoms with Gasteiger partial charge in [-0.05, 0) is 32.4 Å². The predicted octanol–water partition coefficient (Wildman–Crippen LogP) is 2.06. The second kappa shape index (κ2) is 9.99. The Morgan fingerprint density at radius 2 is 1.90 bits per heavy atom. The summed E-state index contributed by atoms with van der Waals surface area (Å²) < 4.78 is 0. The Hall–Kier alpha value is -1.82. The van der Waals surface area contributed by atoms with E-state index >= 15 is 0 Å². The Balaban J connectivity index is 0.00000400. The third kappa shape index (κ3) is 6.94. The number of rotatable bonds is 7. The molecule has 0 aliphatic carbocycles. The Kier molecular flexibility index (Phi) is 9.12. The fraction of sp³-hybridized carbons (Fsp3) is 0.500. The van der Waals surface area contributed by atoms with Crippen molar-refractivity contribution in [2.45, 2.75) is 33.1 Å². The summed E-state index contributed by atoms with van der Waals surface area (Å²) in [6, 6.07) is 3.32. The monoisotopic (exact) mass is 314 g/mol. The molecule has 0 aliphatic rings. The molecule has 6 nitrogen and oxygen atoms in total. The van der Waals surface area contributed by atoms with Gasteiger partial charge in [-0.15, -0.1) is 12.4 Å². The Bertz CT molecular complexity index is 447. The van der Waals surface area contributed by atoms with Crippen LogP contribution in [-0.2, 0) is 9.59 Å². The summed E-state index contributed by atoms with van der Waals surface area (Å²) in [5, 5.41) is 2.72. The lowest BCUT2D eigenvalue weighted by atomic mass is 10.2. The molecule has 0 bridgehead atoms. The molecule has 1 rings (SSSR count). The maximum absolute atomic E-state index is 11.8. The van der Waals surface area contributed by atoms with Crippen LogP contribution in [0, 0.1) is 0 Å². The number of aromatic nitrogens is 1. The molecular formula is C14H23ClN4O2. The van der Waals surface area contributed by atoms with E-state index in [9.17, 15) is 9.59 Å². The van der Waals surface area contributed by atoms with Crippen LogP contribution in [-0.4, -0.2) is 34.8 Å². The highest BCUT2D eigenvalue weighted by molar-refractivity contribution is 5.90. The SMILES string of the molecule is CCN(CC)C(=O)CCCC(=O)Nc1ccc(N)nc1.Cl. The van der Waals surface area contributed by atoms with E-state index in [1.54, 1.807) is 17.0 Å². The van der Waals surface area contributed by atoms with Crippen LogP contribution < -0.4 is 11.1 Å². The number of hydrogen-bond acceptors (Lipinski definition) is 4. The minimum atomic E-state index is -0.121. The van der Waals surface area contributed by atoms with Crippen molar-refractivity contribution in [3.8, 4) is 0 Å². The molecule has 0 atom stereocenters. The van der Waals surface area contributed by atoms with E-state index in [0.717, 1.165) is 0 Å². The number of amides is 2. The maximum atomic E-state index is 11.8. The average molecular weight is 315 g/mol. The molecule has 7 heteroatoms. The van der Waals surface area contributed by atoms with Gasteiger partial charge < -0.3 is 16.0 Å². The second-order valence-electron chi connectivity index (χ2n) is 4.44. The van der Waals surface area contributed by atoms with E-state index in [1.807, 2.05) is 13.8 Å². The molecule has 0 saturated carbocycles. The first kappa shape index (κ1) is 19.2. The molecular weight excluding hydrogens is 292 g/mol. The minimum absolute atomic E-state index is 0. The van der Waals surface area contributed by atoms with Gasteiger partial charge in [-0.1, -0.05) is 0 Å². The molecule has 0 saturated heterocycles. The molecule has 0 unspecified atom stereocenters. The van der Waals surface area contributed by atoms with Crippen molar-refractivity contribution in [2.75, 3.05) is 24.1 Å². The summed E-state index contributed by atoms with van der Waals surface area (Å²) in [6.45, 7) is 5.31. The van der Waals surface area contributed by atoms with Crippen LogP contribution in [0.5, 0.6) is 0 Å². The summed E-state index contributed by atoms with van der Waals surface area (Å²) in [5.74, 6) is 0.383. The first-order chi connectivity index (χ1) is 9.56. The molecule has 1 aromatic rings. The summed E-state index contributed by atoms with van der Waals surface area (Å²) in [7, 11) is 0. The van der Waals surface area contributed by atoms with E-state index in [2.05, 4.69) is 10.3 Å². The van der Waals surface area contributed by atoms with Gasteiger partial charge in [-0.25, -0.2) is 4.98 Å². The van der Waals surface area contributed by atoms with E-state index in [4.69, 9.17) is 5.73 Å². The summed E-state index contributed by atoms with van der Waals surface area (Å²) in [5.41, 5.74) is 6.07. The zero-order valence-corrected chi connectivity index (χ0v) is 13.3. The fourth-order valence-corrected chi connectivity index (χ4v) is 1.84. The first-order valence-electron chi connectivity index (χ1n) is 6.86. The number of pyridine rings is 1. The van der Waals surface area contributed by atoms with Gasteiger partial charge in [0.1, 0.15) is 5.82 Å². The van der Waals surface area contributed by atoms with Crippen LogP contribution in [0.2, 0.25) is 0 Å². The molecule has 0 aliphatic heterocycles. The van der Waals surface area contributed by atoms with Crippen molar-refractivity contribution < 1.29 is 9.59 Å². The number of halogens is 1. The van der Waals surface area contributed by atoms with E-state index in [1.165, 1.54) is 6.20 Å². The molecule has 1 heterocycles. The Labute approximate surface area is 131 Å². The van der Waals surface area contributed by atoms with Gasteiger partial charge in [-0.3, -0.25) is 9.59 Å². The van der Waals surface area contributed by atoms with Gasteiger partial charge in [0.25, 0.3) is 0 Å². The number of nitrogens with two attached hydrogens (primary N) is 1. The zero-order valence-electron chi connectivity index (χ0n) is 12.5. The van der Waals surface area contributed by atoms with Crippen LogP contribution in [0.25, 0.3) is 0 Å². The van der Waals surface area contributed by atoms with Gasteiger partial charge in [0.2, 0.25) is 11.8 Å². The third-order valence-corrected chi connectivity index (χ3v) is 2.98. The number of nitrogen functional groups attached to an aromatic ring is 1. The van der Waals surface area contributed by atoms with Gasteiger partial charge in [0, 0.05) is 25.9 Å². The highest BCUT2D eigenvalue weighted by Gasteiger charge is 2.10. The standard InChI is InChI=1S/C14H22N4O2.ClH/c1-3-18(4-2)14(20)7-5-6-13(19)17-11-8-9-12(15)16-10-11;/h8-10H,3-7H2,1-2H3,(H2,15,16)(H,17,19);1H. The number of hydrogen-bond donors (Lipinski definition) is 2. The summed E-state index contributed by atoms with van der Waals surface area (Å²) in [4.78, 5) is 29.1. The number of nitrogens with one attached hydrogen (secondary N) is 1. The molecule has 0 fully saturated rings. The quantitative estimate of drug-likeness (QED) is 0.806. The third-order valence-electron chi connectivity index (χ3n) is 2.98. The Morgan fingerprint density at radius 3 is 2.43 bits per heavy atom. The van der Waals surface area contributed by atoms with Gasteiger partial charge in [0.15, 0.2) is 0 Å². The topological polar surface area (TPSA) is 88.3 Å². The molecule has 118 valence electrons. The van der Waals surface area contributed by atoms with Crippen molar-refractivity contribution in [3.63, 3.8) is 0 Å². The van der Waals surface area contributed by atoms with Crippen molar-refractivity contribution in [1.29, 1.82) is 0 Å². The van der Waals surface area contributed by atoms with Crippen LogP contribution >= 0.6 is 12.4 Å². The Morgan fingerprint density at radius 1 is 1.24 bits per heavy atom. The number of anilines is 2. The van der Waals surface area contributed by atoms with Crippen molar-refractivity contribution >= 4 is 35.7 Å². The number of nitrogens with zero attached hydrogens (tertiary/aromatic N) is 2. The van der Waals surface area contributed by atoms with Crippen molar-refractivity contribution in [1.82, 2.24) is 9.88 Å². The largest absolute Gasteiger partial charge is 0.384 e. The highest BCUT2D eigenvalue weighted by atomic mass is 35.5. The van der Waals surface area contributed by atoms with Gasteiger partial charge >= 0.3 is 0 Å². The molecule has 1 aromatic heterocycles. The molecule has 2 amide bonds. The first-order valence-corrected chi connectivity index (χ1v) is 6.86. The van der Waals surface area contributed by atoms with Crippen LogP contribution in [0.15, 0.2) is 18.3 Å². The predicted molar refractivity (Wildman–Crippen MR) is 86.3 cm³/mol. The normalized spacial score (nSPS) is 9.62. The maximum Gasteiger partial charge on any atom is 0.224 e. The lowest BCUT2D eigenvalue weighted by Crippen LogP contribution is -2.30. The molecule has 0 aromatic carbocycles. The van der Waals surface area contributed by atoms with Crippen molar-refractivity contribution in [2.24, 2.45) is 0 Å². The fourth-order valence-electron chi connectivity index (χ4n) is 1.84. The molecule has 21 heavy (non-hydrogen) atoms. The van der Waals surface area contributed by atoms with Crippen molar-refractivity contribution in [3.05, 3.63) is 18.3 Å². The lowest BCUT2D eigenvalue weighted by molar-refractivity contribution is -0.130. The summed E-state index contributed by atoms with van der Waals surface area (Å²) >= 11 is 0. The van der Waals surface area contributed by atoms with E-state index < -0.39 is 0 Å². The highest BCUT2D eigenvalue weighted by Crippen LogP contribution is 2.08. The van der Waals surface area contributed by atoms with Crippen LogP contribution in [0.1, 0.15) is 33.1 Å². The minimum Gasteiger partial charge on any atom is -0.384 e. The van der Waals surface area contributed by atoms with Crippen LogP contribution in [0.3, 0.4) is 0 Å². The lowest BCUT2D eigenvalue weighted by Gasteiger charge is -2.18. The number of carbonyl (C=O) groups excluding carboxylic acids is 2. The second-order valence-corrected chi connectivity index (χ2v) is 4.44. The average Bonchev–Trinajstić information content (AvgIpc) is 2.43. The van der Waals surface area contributed by atoms with E-state index in [-0.39, 0.29) is 24.2 Å². The van der Waals surface area contributed by atoms with Crippen LogP contribution in [0.4, 0.5) is 11.5 Å². The van der Waals surface area contributed by atoms with Gasteiger partial charge in [0.05, 0.1) is 11.9 Å². The number of carbonyl (C=O) groups is 2. The smallest absolute Gasteiger partial charge is 0.224 e. The van der Waals surface area contributed by atoms with E-state index in [0.29, 0.717) is 43.9 Å².